The van der Waals surface area contributed by atoms with Crippen molar-refractivity contribution in [2.75, 3.05) is 5.32 Å². The highest BCUT2D eigenvalue weighted by Gasteiger charge is 2.20. The van der Waals surface area contributed by atoms with Crippen LogP contribution in [-0.2, 0) is 0 Å². The van der Waals surface area contributed by atoms with E-state index in [1.165, 1.54) is 19.3 Å². The van der Waals surface area contributed by atoms with Gasteiger partial charge in [0.05, 0.1) is 34.4 Å². The fourth-order valence-electron chi connectivity index (χ4n) is 3.74. The van der Waals surface area contributed by atoms with E-state index in [0.29, 0.717) is 21.9 Å². The summed E-state index contributed by atoms with van der Waals surface area (Å²) >= 11 is 6.01. The number of nitrogens with zero attached hydrogens (tertiary/aromatic N) is 4. The van der Waals surface area contributed by atoms with Gasteiger partial charge in [-0.2, -0.15) is 5.10 Å². The van der Waals surface area contributed by atoms with E-state index in [1.54, 1.807) is 29.2 Å². The van der Waals surface area contributed by atoms with Gasteiger partial charge in [0.2, 0.25) is 0 Å². The van der Waals surface area contributed by atoms with Gasteiger partial charge in [-0.05, 0) is 32.8 Å². The number of rotatable bonds is 5. The minimum absolute atomic E-state index is 0.0813. The number of hydrogen-bond acceptors (Lipinski definition) is 5. The molecule has 1 amide bonds. The Kier molecular flexibility index (Phi) is 5.67. The normalized spacial score (nSPS) is 15.0. The lowest BCUT2D eigenvalue weighted by Crippen LogP contribution is -2.36. The lowest BCUT2D eigenvalue weighted by atomic mass is 9.95. The second kappa shape index (κ2) is 8.37. The second-order valence-corrected chi connectivity index (χ2v) is 8.25. The molecule has 152 valence electrons. The van der Waals surface area contributed by atoms with E-state index in [-0.39, 0.29) is 18.0 Å². The van der Waals surface area contributed by atoms with Crippen molar-refractivity contribution in [2.24, 2.45) is 0 Å². The standard InChI is InChI=1S/C21H25ClN6O/c1-13(2)26-17-9-18(19-12-24-20-8-14(22)10-25-28(19)20)23-11-16(17)21(29)27-15-6-4-3-5-7-15/h8-13,15H,3-7H2,1-2H3,(H,23,26)(H,27,29). The smallest absolute Gasteiger partial charge is 0.255 e. The molecule has 29 heavy (non-hydrogen) atoms. The molecule has 0 atom stereocenters. The number of imidazole rings is 1. The van der Waals surface area contributed by atoms with E-state index in [9.17, 15) is 4.79 Å². The third kappa shape index (κ3) is 4.34. The van der Waals surface area contributed by atoms with Crippen molar-refractivity contribution >= 4 is 28.8 Å². The maximum absolute atomic E-state index is 12.9. The van der Waals surface area contributed by atoms with Gasteiger partial charge in [0.1, 0.15) is 5.69 Å². The zero-order chi connectivity index (χ0) is 20.4. The molecule has 3 aromatic rings. The van der Waals surface area contributed by atoms with Crippen LogP contribution in [-0.4, -0.2) is 37.6 Å². The highest BCUT2D eigenvalue weighted by molar-refractivity contribution is 6.30. The van der Waals surface area contributed by atoms with Crippen LogP contribution in [0.3, 0.4) is 0 Å². The number of fused-ring (bicyclic) bond motifs is 1. The van der Waals surface area contributed by atoms with Gasteiger partial charge in [-0.1, -0.05) is 30.9 Å². The molecule has 8 heteroatoms. The summed E-state index contributed by atoms with van der Waals surface area (Å²) in [4.78, 5) is 21.8. The zero-order valence-corrected chi connectivity index (χ0v) is 17.4. The Morgan fingerprint density at radius 3 is 2.69 bits per heavy atom. The molecule has 0 aliphatic heterocycles. The van der Waals surface area contributed by atoms with E-state index >= 15 is 0 Å². The predicted molar refractivity (Wildman–Crippen MR) is 114 cm³/mol. The lowest BCUT2D eigenvalue weighted by molar-refractivity contribution is 0.0928. The molecular formula is C21H25ClN6O. The quantitative estimate of drug-likeness (QED) is 0.651. The molecule has 7 nitrogen and oxygen atoms in total. The van der Waals surface area contributed by atoms with Crippen molar-refractivity contribution in [3.8, 4) is 11.4 Å². The van der Waals surface area contributed by atoms with Crippen LogP contribution in [0.4, 0.5) is 5.69 Å². The predicted octanol–water partition coefficient (Wildman–Crippen LogP) is 4.33. The molecule has 0 bridgehead atoms. The van der Waals surface area contributed by atoms with E-state index in [2.05, 4.69) is 25.7 Å². The minimum atomic E-state index is -0.0813. The van der Waals surface area contributed by atoms with Crippen molar-refractivity contribution in [2.45, 2.75) is 58.0 Å². The van der Waals surface area contributed by atoms with Gasteiger partial charge in [0, 0.05) is 24.3 Å². The first-order valence-electron chi connectivity index (χ1n) is 10.1. The Morgan fingerprint density at radius 2 is 1.93 bits per heavy atom. The first-order chi connectivity index (χ1) is 14.0. The van der Waals surface area contributed by atoms with E-state index in [4.69, 9.17) is 11.6 Å². The Hall–Kier alpha value is -2.67. The van der Waals surface area contributed by atoms with E-state index < -0.39 is 0 Å². The molecule has 1 fully saturated rings. The summed E-state index contributed by atoms with van der Waals surface area (Å²) in [7, 11) is 0. The summed E-state index contributed by atoms with van der Waals surface area (Å²) in [6.45, 7) is 4.08. The van der Waals surface area contributed by atoms with Crippen molar-refractivity contribution in [3.63, 3.8) is 0 Å². The molecular weight excluding hydrogens is 388 g/mol. The highest BCUT2D eigenvalue weighted by Crippen LogP contribution is 2.26. The molecule has 1 aliphatic rings. The molecule has 0 saturated heterocycles. The molecule has 1 aliphatic carbocycles. The average Bonchev–Trinajstić information content (AvgIpc) is 3.11. The minimum Gasteiger partial charge on any atom is -0.382 e. The highest BCUT2D eigenvalue weighted by atomic mass is 35.5. The average molecular weight is 413 g/mol. The lowest BCUT2D eigenvalue weighted by Gasteiger charge is -2.23. The fourth-order valence-corrected chi connectivity index (χ4v) is 3.89. The molecule has 3 heterocycles. The maximum atomic E-state index is 12.9. The monoisotopic (exact) mass is 412 g/mol. The van der Waals surface area contributed by atoms with Crippen molar-refractivity contribution in [3.05, 3.63) is 41.3 Å². The van der Waals surface area contributed by atoms with E-state index in [0.717, 1.165) is 24.2 Å². The van der Waals surface area contributed by atoms with Gasteiger partial charge in [-0.15, -0.1) is 0 Å². The van der Waals surface area contributed by atoms with Crippen molar-refractivity contribution < 1.29 is 4.79 Å². The number of nitrogens with one attached hydrogen (secondary N) is 2. The van der Waals surface area contributed by atoms with Crippen LogP contribution >= 0.6 is 11.6 Å². The summed E-state index contributed by atoms with van der Waals surface area (Å²) in [5.41, 5.74) is 3.37. The SMILES string of the molecule is CC(C)Nc1cc(-c2cnc3cc(Cl)cnn23)ncc1C(=O)NC1CCCCC1. The van der Waals surface area contributed by atoms with Gasteiger partial charge in [0.15, 0.2) is 5.65 Å². The number of anilines is 1. The number of pyridine rings is 1. The van der Waals surface area contributed by atoms with Gasteiger partial charge >= 0.3 is 0 Å². The third-order valence-corrected chi connectivity index (χ3v) is 5.33. The van der Waals surface area contributed by atoms with Crippen LogP contribution in [0.2, 0.25) is 5.02 Å². The molecule has 0 aromatic carbocycles. The van der Waals surface area contributed by atoms with Crippen LogP contribution in [0.5, 0.6) is 0 Å². The Labute approximate surface area is 174 Å². The summed E-state index contributed by atoms with van der Waals surface area (Å²) < 4.78 is 1.69. The van der Waals surface area contributed by atoms with Gasteiger partial charge in [-0.25, -0.2) is 9.50 Å². The molecule has 0 spiro atoms. The first kappa shape index (κ1) is 19.6. The van der Waals surface area contributed by atoms with Crippen LogP contribution in [0.1, 0.15) is 56.3 Å². The zero-order valence-electron chi connectivity index (χ0n) is 16.7. The molecule has 4 rings (SSSR count). The van der Waals surface area contributed by atoms with Gasteiger partial charge in [0.25, 0.3) is 5.91 Å². The van der Waals surface area contributed by atoms with Crippen molar-refractivity contribution in [1.29, 1.82) is 0 Å². The fraction of sp³-hybridized carbons (Fsp3) is 0.429. The van der Waals surface area contributed by atoms with Crippen LogP contribution < -0.4 is 10.6 Å². The molecule has 1 saturated carbocycles. The maximum Gasteiger partial charge on any atom is 0.255 e. The van der Waals surface area contributed by atoms with Crippen LogP contribution in [0.15, 0.2) is 30.7 Å². The number of carbonyl (C=O) groups excluding carboxylic acids is 1. The second-order valence-electron chi connectivity index (χ2n) is 7.81. The van der Waals surface area contributed by atoms with Crippen molar-refractivity contribution in [1.82, 2.24) is 24.9 Å². The number of amides is 1. The number of aromatic nitrogens is 4. The van der Waals surface area contributed by atoms with Crippen LogP contribution in [0.25, 0.3) is 17.0 Å². The summed E-state index contributed by atoms with van der Waals surface area (Å²) in [6, 6.07) is 4.05. The summed E-state index contributed by atoms with van der Waals surface area (Å²) in [6.07, 6.45) is 10.6. The summed E-state index contributed by atoms with van der Waals surface area (Å²) in [5, 5.41) is 11.4. The number of hydrogen-bond donors (Lipinski definition) is 2. The number of carbonyl (C=O) groups is 1. The van der Waals surface area contributed by atoms with Gasteiger partial charge < -0.3 is 10.6 Å². The molecule has 3 aromatic heterocycles. The largest absolute Gasteiger partial charge is 0.382 e. The third-order valence-electron chi connectivity index (χ3n) is 5.12. The Balaban J connectivity index is 1.67. The summed E-state index contributed by atoms with van der Waals surface area (Å²) in [5.74, 6) is -0.0813. The number of halogens is 1. The molecule has 0 unspecified atom stereocenters. The topological polar surface area (TPSA) is 84.2 Å². The van der Waals surface area contributed by atoms with E-state index in [1.807, 2.05) is 19.9 Å². The van der Waals surface area contributed by atoms with Crippen LogP contribution in [0, 0.1) is 0 Å². The van der Waals surface area contributed by atoms with Gasteiger partial charge in [-0.3, -0.25) is 9.78 Å². The first-order valence-corrected chi connectivity index (χ1v) is 10.5. The Bertz CT molecular complexity index is 1030. The molecule has 0 radical (unpaired) electrons. The Morgan fingerprint density at radius 1 is 1.14 bits per heavy atom. The molecule has 2 N–H and O–H groups in total.